The zero-order valence-corrected chi connectivity index (χ0v) is 29.4. The number of nitrogens with zero attached hydrogens (tertiary/aromatic N) is 2. The maximum absolute atomic E-state index is 7.21. The Morgan fingerprint density at radius 1 is 0.844 bits per heavy atom. The van der Waals surface area contributed by atoms with E-state index in [1.807, 2.05) is 30.7 Å². The molecule has 4 aromatic carbocycles. The second-order valence-corrected chi connectivity index (χ2v) is 16.0. The van der Waals surface area contributed by atoms with Crippen LogP contribution in [0.25, 0.3) is 0 Å². The molecule has 0 amide bonds. The van der Waals surface area contributed by atoms with Crippen molar-refractivity contribution in [3.05, 3.63) is 130 Å². The predicted molar refractivity (Wildman–Crippen MR) is 195 cm³/mol. The third kappa shape index (κ3) is 9.12. The van der Waals surface area contributed by atoms with Crippen molar-refractivity contribution in [1.29, 1.82) is 0 Å². The number of thioether (sulfide) groups is 1. The van der Waals surface area contributed by atoms with Gasteiger partial charge in [-0.15, -0.1) is 0 Å². The van der Waals surface area contributed by atoms with E-state index in [0.29, 0.717) is 27.4 Å². The van der Waals surface area contributed by atoms with E-state index < -0.39 is 9.04 Å². The number of benzene rings is 4. The smallest absolute Gasteiger partial charge is 0.240 e. The molecule has 2 N–H and O–H groups in total. The van der Waals surface area contributed by atoms with Crippen molar-refractivity contribution in [2.75, 3.05) is 16.9 Å². The Bertz CT molecular complexity index is 1640. The molecule has 9 heteroatoms. The highest BCUT2D eigenvalue weighted by Gasteiger charge is 2.27. The van der Waals surface area contributed by atoms with Crippen molar-refractivity contribution in [3.8, 4) is 0 Å². The van der Waals surface area contributed by atoms with Gasteiger partial charge in [0.2, 0.25) is 9.04 Å². The molecule has 5 nitrogen and oxygen atoms in total. The summed E-state index contributed by atoms with van der Waals surface area (Å²) in [6, 6.07) is 35.2. The lowest BCUT2D eigenvalue weighted by molar-refractivity contribution is 0.150. The number of anilines is 3. The van der Waals surface area contributed by atoms with E-state index in [9.17, 15) is 0 Å². The molecule has 232 valence electrons. The predicted octanol–water partition coefficient (Wildman–Crippen LogP) is 8.89. The van der Waals surface area contributed by atoms with Crippen LogP contribution in [-0.4, -0.2) is 25.3 Å². The molecule has 45 heavy (non-hydrogen) atoms. The first kappa shape index (κ1) is 33.0. The second-order valence-electron chi connectivity index (χ2n) is 12.0. The fraction of sp³-hybridized carbons (Fsp3) is 0.222. The molecule has 1 atom stereocenters. The quantitative estimate of drug-likeness (QED) is 0.0784. The van der Waals surface area contributed by atoms with Crippen LogP contribution in [0.1, 0.15) is 44.4 Å². The van der Waals surface area contributed by atoms with Crippen LogP contribution in [0.5, 0.6) is 0 Å². The Hall–Kier alpha value is -3.33. The maximum atomic E-state index is 7.21. The maximum Gasteiger partial charge on any atom is 0.240 e. The number of rotatable bonds is 12. The molecular formula is C36H38Cl2N4OSSi. The van der Waals surface area contributed by atoms with Gasteiger partial charge in [0.15, 0.2) is 5.16 Å². The van der Waals surface area contributed by atoms with E-state index in [-0.39, 0.29) is 11.5 Å². The lowest BCUT2D eigenvalue weighted by Crippen LogP contribution is -2.46. The van der Waals surface area contributed by atoms with Crippen molar-refractivity contribution in [2.24, 2.45) is 5.41 Å². The van der Waals surface area contributed by atoms with Gasteiger partial charge in [0, 0.05) is 24.0 Å². The minimum absolute atomic E-state index is 0.0547. The van der Waals surface area contributed by atoms with Crippen LogP contribution in [0.4, 0.5) is 17.2 Å². The van der Waals surface area contributed by atoms with Crippen molar-refractivity contribution in [3.63, 3.8) is 0 Å². The van der Waals surface area contributed by atoms with Crippen molar-refractivity contribution < 1.29 is 4.43 Å². The summed E-state index contributed by atoms with van der Waals surface area (Å²) < 4.78 is 7.21. The highest BCUT2D eigenvalue weighted by molar-refractivity contribution is 7.98. The third-order valence-corrected chi connectivity index (χ3v) is 11.0. The van der Waals surface area contributed by atoms with Crippen molar-refractivity contribution >= 4 is 71.6 Å². The van der Waals surface area contributed by atoms with Crippen LogP contribution in [0.15, 0.2) is 114 Å². The lowest BCUT2D eigenvalue weighted by Gasteiger charge is -2.31. The van der Waals surface area contributed by atoms with Gasteiger partial charge in [-0.3, -0.25) is 0 Å². The Labute approximate surface area is 282 Å². The molecule has 5 aromatic rings. The Morgan fingerprint density at radius 2 is 1.47 bits per heavy atom. The van der Waals surface area contributed by atoms with E-state index in [1.165, 1.54) is 22.1 Å². The molecule has 0 aliphatic carbocycles. The molecule has 1 aromatic heterocycles. The first-order valence-corrected chi connectivity index (χ1v) is 18.5. The van der Waals surface area contributed by atoms with Crippen LogP contribution in [0.2, 0.25) is 10.0 Å². The summed E-state index contributed by atoms with van der Waals surface area (Å²) in [6.07, 6.45) is 4.58. The minimum Gasteiger partial charge on any atom is -0.404 e. The molecule has 0 saturated carbocycles. The molecule has 0 radical (unpaired) electrons. The Morgan fingerprint density at radius 3 is 2.07 bits per heavy atom. The fourth-order valence-electron chi connectivity index (χ4n) is 5.10. The van der Waals surface area contributed by atoms with E-state index in [0.717, 1.165) is 29.1 Å². The monoisotopic (exact) mass is 672 g/mol. The van der Waals surface area contributed by atoms with Crippen molar-refractivity contribution in [2.45, 2.75) is 45.0 Å². The van der Waals surface area contributed by atoms with Gasteiger partial charge >= 0.3 is 0 Å². The number of hydrogen-bond acceptors (Lipinski definition) is 6. The largest absolute Gasteiger partial charge is 0.404 e. The number of halogens is 2. The molecule has 0 saturated heterocycles. The highest BCUT2D eigenvalue weighted by Crippen LogP contribution is 2.35. The van der Waals surface area contributed by atoms with Gasteiger partial charge in [0.05, 0.1) is 21.8 Å². The van der Waals surface area contributed by atoms with Gasteiger partial charge in [-0.25, -0.2) is 9.97 Å². The first-order chi connectivity index (χ1) is 21.7. The number of nitrogens with one attached hydrogen (secondary N) is 2. The van der Waals surface area contributed by atoms with Gasteiger partial charge in [-0.05, 0) is 58.3 Å². The molecule has 0 bridgehead atoms. The SMILES string of the molecule is CSc1ncc(CNc2c(Cl)cccc2Cl)c(Nc2cccc(C(CC(C)(C)C)O[SiH](c3ccccc3)c3ccccc3)c2)n1. The molecule has 0 aliphatic rings. The zero-order valence-electron chi connectivity index (χ0n) is 25.9. The van der Waals surface area contributed by atoms with Crippen LogP contribution < -0.4 is 21.0 Å². The third-order valence-electron chi connectivity index (χ3n) is 7.27. The van der Waals surface area contributed by atoms with Gasteiger partial charge in [-0.1, -0.05) is 135 Å². The summed E-state index contributed by atoms with van der Waals surface area (Å²) in [7, 11) is -1.99. The number of aromatic nitrogens is 2. The molecule has 1 heterocycles. The molecule has 0 spiro atoms. The molecular weight excluding hydrogens is 635 g/mol. The Kier molecular flexibility index (Phi) is 11.2. The standard InChI is InChI=1S/C36H38Cl2N4OSSi/c1-36(2,3)22-32(43-45(28-15-7-5-8-16-28)29-17-9-6-10-18-29)25-13-11-14-27(21-25)41-34-26(24-40-35(42-34)44-4)23-39-33-30(37)19-12-20-31(33)38/h5-21,24,32,39,45H,22-23H2,1-4H3,(H,40,41,42). The van der Waals surface area contributed by atoms with Crippen LogP contribution in [0.3, 0.4) is 0 Å². The topological polar surface area (TPSA) is 59.1 Å². The zero-order chi connectivity index (χ0) is 31.8. The van der Waals surface area contributed by atoms with E-state index in [2.05, 4.69) is 121 Å². The average Bonchev–Trinajstić information content (AvgIpc) is 3.03. The van der Waals surface area contributed by atoms with Gasteiger partial charge < -0.3 is 15.1 Å². The summed E-state index contributed by atoms with van der Waals surface area (Å²) in [5.41, 5.74) is 3.67. The average molecular weight is 674 g/mol. The summed E-state index contributed by atoms with van der Waals surface area (Å²) in [5.74, 6) is 0.719. The molecule has 1 unspecified atom stereocenters. The van der Waals surface area contributed by atoms with Gasteiger partial charge in [-0.2, -0.15) is 0 Å². The normalized spacial score (nSPS) is 12.2. The molecule has 0 aliphatic heterocycles. The van der Waals surface area contributed by atoms with Crippen LogP contribution >= 0.6 is 35.0 Å². The molecule has 5 rings (SSSR count). The summed E-state index contributed by atoms with van der Waals surface area (Å²) in [4.78, 5) is 9.34. The van der Waals surface area contributed by atoms with E-state index in [4.69, 9.17) is 32.6 Å². The van der Waals surface area contributed by atoms with Crippen LogP contribution in [0, 0.1) is 5.41 Å². The lowest BCUT2D eigenvalue weighted by atomic mass is 9.87. The van der Waals surface area contributed by atoms with Crippen LogP contribution in [-0.2, 0) is 11.0 Å². The second kappa shape index (κ2) is 15.3. The molecule has 0 fully saturated rings. The van der Waals surface area contributed by atoms with Crippen molar-refractivity contribution in [1.82, 2.24) is 9.97 Å². The Balaban J connectivity index is 1.45. The summed E-state index contributed by atoms with van der Waals surface area (Å²) >= 11 is 14.3. The number of hydrogen-bond donors (Lipinski definition) is 2. The van der Waals surface area contributed by atoms with Gasteiger partial charge in [0.25, 0.3) is 0 Å². The summed E-state index contributed by atoms with van der Waals surface area (Å²) in [6.45, 7) is 7.24. The fourth-order valence-corrected chi connectivity index (χ4v) is 8.40. The van der Waals surface area contributed by atoms with E-state index >= 15 is 0 Å². The first-order valence-electron chi connectivity index (χ1n) is 14.9. The van der Waals surface area contributed by atoms with E-state index in [1.54, 1.807) is 0 Å². The minimum atomic E-state index is -1.99. The number of para-hydroxylation sites is 1. The summed E-state index contributed by atoms with van der Waals surface area (Å²) in [5, 5.41) is 11.3. The van der Waals surface area contributed by atoms with Gasteiger partial charge in [0.1, 0.15) is 5.82 Å². The highest BCUT2D eigenvalue weighted by atomic mass is 35.5.